The molecule has 2 fully saturated rings. The lowest BCUT2D eigenvalue weighted by Gasteiger charge is -2.31. The van der Waals surface area contributed by atoms with E-state index in [0.29, 0.717) is 5.41 Å². The van der Waals surface area contributed by atoms with E-state index in [-0.39, 0.29) is 0 Å². The molecule has 0 aromatic heterocycles. The highest BCUT2D eigenvalue weighted by Gasteiger charge is 2.32. The van der Waals surface area contributed by atoms with Gasteiger partial charge in [-0.15, -0.1) is 0 Å². The Morgan fingerprint density at radius 3 is 2.59 bits per heavy atom. The highest BCUT2D eigenvalue weighted by molar-refractivity contribution is 4.87. The van der Waals surface area contributed by atoms with Crippen molar-refractivity contribution in [2.45, 2.75) is 39.2 Å². The third kappa shape index (κ3) is 3.94. The van der Waals surface area contributed by atoms with Crippen LogP contribution < -0.4 is 5.32 Å². The van der Waals surface area contributed by atoms with Crippen LogP contribution in [0.5, 0.6) is 0 Å². The van der Waals surface area contributed by atoms with E-state index in [4.69, 9.17) is 0 Å². The number of hydrogen-bond donors (Lipinski definition) is 1. The van der Waals surface area contributed by atoms with E-state index in [0.717, 1.165) is 6.04 Å². The van der Waals surface area contributed by atoms with Gasteiger partial charge in [-0.25, -0.2) is 0 Å². The lowest BCUT2D eigenvalue weighted by atomic mass is 9.91. The molecular formula is C14H29N3. The van der Waals surface area contributed by atoms with Gasteiger partial charge in [0.15, 0.2) is 0 Å². The molecule has 0 radical (unpaired) electrons. The van der Waals surface area contributed by atoms with E-state index in [1.54, 1.807) is 0 Å². The first kappa shape index (κ1) is 13.3. The van der Waals surface area contributed by atoms with Crippen LogP contribution in [-0.2, 0) is 0 Å². The Kier molecular flexibility index (Phi) is 4.45. The van der Waals surface area contributed by atoms with Crippen LogP contribution in [-0.4, -0.2) is 62.2 Å². The highest BCUT2D eigenvalue weighted by atomic mass is 15.2. The second-order valence-corrected chi connectivity index (χ2v) is 6.63. The van der Waals surface area contributed by atoms with Crippen LogP contribution in [0.1, 0.15) is 33.1 Å². The Hall–Kier alpha value is -0.120. The van der Waals surface area contributed by atoms with Crippen molar-refractivity contribution in [1.29, 1.82) is 0 Å². The zero-order valence-electron chi connectivity index (χ0n) is 11.8. The minimum Gasteiger partial charge on any atom is -0.314 e. The van der Waals surface area contributed by atoms with Crippen LogP contribution in [0, 0.1) is 5.41 Å². The van der Waals surface area contributed by atoms with E-state index >= 15 is 0 Å². The van der Waals surface area contributed by atoms with Gasteiger partial charge in [0, 0.05) is 45.3 Å². The molecule has 1 atom stereocenters. The van der Waals surface area contributed by atoms with E-state index in [9.17, 15) is 0 Å². The standard InChI is InChI=1S/C14H29N3/c1-14(2)5-4-13(12-14)16(3)10-11-17-8-6-15-7-9-17/h13,15H,4-12H2,1-3H3. The average Bonchev–Trinajstić information content (AvgIpc) is 2.68. The van der Waals surface area contributed by atoms with E-state index in [1.165, 1.54) is 58.5 Å². The first-order valence-corrected chi connectivity index (χ1v) is 7.20. The first-order chi connectivity index (χ1) is 8.07. The fourth-order valence-electron chi connectivity index (χ4n) is 3.19. The summed E-state index contributed by atoms with van der Waals surface area (Å²) in [5.74, 6) is 0. The van der Waals surface area contributed by atoms with E-state index in [1.807, 2.05) is 0 Å². The molecule has 2 rings (SSSR count). The summed E-state index contributed by atoms with van der Waals surface area (Å²) < 4.78 is 0. The third-order valence-corrected chi connectivity index (χ3v) is 4.54. The SMILES string of the molecule is CN(CCN1CCNCC1)C1CCC(C)(C)C1. The number of piperazine rings is 1. The molecule has 1 N–H and O–H groups in total. The Morgan fingerprint density at radius 2 is 2.00 bits per heavy atom. The van der Waals surface area contributed by atoms with Crippen molar-refractivity contribution >= 4 is 0 Å². The summed E-state index contributed by atoms with van der Waals surface area (Å²) >= 11 is 0. The largest absolute Gasteiger partial charge is 0.314 e. The van der Waals surface area contributed by atoms with Gasteiger partial charge in [0.2, 0.25) is 0 Å². The van der Waals surface area contributed by atoms with Crippen molar-refractivity contribution < 1.29 is 0 Å². The van der Waals surface area contributed by atoms with Crippen LogP contribution in [0.15, 0.2) is 0 Å². The summed E-state index contributed by atoms with van der Waals surface area (Å²) in [4.78, 5) is 5.18. The predicted molar refractivity (Wildman–Crippen MR) is 73.4 cm³/mol. The van der Waals surface area contributed by atoms with Gasteiger partial charge in [0.1, 0.15) is 0 Å². The molecule has 100 valence electrons. The maximum absolute atomic E-state index is 3.41. The molecule has 1 saturated carbocycles. The lowest BCUT2D eigenvalue weighted by Crippen LogP contribution is -2.46. The summed E-state index contributed by atoms with van der Waals surface area (Å²) in [6.45, 7) is 12.1. The molecule has 1 aliphatic heterocycles. The van der Waals surface area contributed by atoms with Crippen molar-refractivity contribution in [3.8, 4) is 0 Å². The second-order valence-electron chi connectivity index (χ2n) is 6.63. The smallest absolute Gasteiger partial charge is 0.0110 e. The lowest BCUT2D eigenvalue weighted by molar-refractivity contribution is 0.172. The van der Waals surface area contributed by atoms with Gasteiger partial charge in [-0.3, -0.25) is 4.90 Å². The van der Waals surface area contributed by atoms with Gasteiger partial charge < -0.3 is 10.2 Å². The van der Waals surface area contributed by atoms with Crippen molar-refractivity contribution in [3.63, 3.8) is 0 Å². The molecule has 0 spiro atoms. The van der Waals surface area contributed by atoms with Crippen molar-refractivity contribution in [3.05, 3.63) is 0 Å². The van der Waals surface area contributed by atoms with Crippen LogP contribution >= 0.6 is 0 Å². The highest BCUT2D eigenvalue weighted by Crippen LogP contribution is 2.38. The second kappa shape index (κ2) is 5.68. The number of nitrogens with one attached hydrogen (secondary N) is 1. The van der Waals surface area contributed by atoms with Crippen LogP contribution in [0.2, 0.25) is 0 Å². The van der Waals surface area contributed by atoms with Gasteiger partial charge >= 0.3 is 0 Å². The van der Waals surface area contributed by atoms with Crippen LogP contribution in [0.3, 0.4) is 0 Å². The molecule has 0 amide bonds. The van der Waals surface area contributed by atoms with Crippen LogP contribution in [0.4, 0.5) is 0 Å². The maximum atomic E-state index is 3.41. The average molecular weight is 239 g/mol. The van der Waals surface area contributed by atoms with E-state index in [2.05, 4.69) is 36.0 Å². The topological polar surface area (TPSA) is 18.5 Å². The normalized spacial score (nSPS) is 30.0. The summed E-state index contributed by atoms with van der Waals surface area (Å²) in [5.41, 5.74) is 0.577. The van der Waals surface area contributed by atoms with Gasteiger partial charge in [0.05, 0.1) is 0 Å². The zero-order valence-corrected chi connectivity index (χ0v) is 11.8. The minimum atomic E-state index is 0.577. The number of hydrogen-bond acceptors (Lipinski definition) is 3. The quantitative estimate of drug-likeness (QED) is 0.800. The molecule has 1 heterocycles. The molecule has 1 saturated heterocycles. The number of likely N-dealkylation sites (N-methyl/N-ethyl adjacent to an activating group) is 1. The maximum Gasteiger partial charge on any atom is 0.0110 e. The minimum absolute atomic E-state index is 0.577. The Bertz CT molecular complexity index is 234. The molecule has 17 heavy (non-hydrogen) atoms. The molecule has 3 heteroatoms. The summed E-state index contributed by atoms with van der Waals surface area (Å²) in [7, 11) is 2.31. The molecule has 0 aromatic rings. The van der Waals surface area contributed by atoms with Gasteiger partial charge in [-0.05, 0) is 31.7 Å². The van der Waals surface area contributed by atoms with Gasteiger partial charge in [0.25, 0.3) is 0 Å². The van der Waals surface area contributed by atoms with Crippen LogP contribution in [0.25, 0.3) is 0 Å². The Labute approximate surface area is 107 Å². The van der Waals surface area contributed by atoms with Gasteiger partial charge in [-0.1, -0.05) is 13.8 Å². The number of rotatable bonds is 4. The zero-order chi connectivity index (χ0) is 12.3. The number of nitrogens with zero attached hydrogens (tertiary/aromatic N) is 2. The van der Waals surface area contributed by atoms with Crippen molar-refractivity contribution in [2.24, 2.45) is 5.41 Å². The van der Waals surface area contributed by atoms with E-state index < -0.39 is 0 Å². The fourth-order valence-corrected chi connectivity index (χ4v) is 3.19. The monoisotopic (exact) mass is 239 g/mol. The summed E-state index contributed by atoms with van der Waals surface area (Å²) in [5, 5.41) is 3.41. The van der Waals surface area contributed by atoms with Gasteiger partial charge in [-0.2, -0.15) is 0 Å². The third-order valence-electron chi connectivity index (χ3n) is 4.54. The molecule has 0 bridgehead atoms. The Morgan fingerprint density at radius 1 is 1.29 bits per heavy atom. The van der Waals surface area contributed by atoms with Crippen molar-refractivity contribution in [1.82, 2.24) is 15.1 Å². The molecule has 2 aliphatic rings. The summed E-state index contributed by atoms with van der Waals surface area (Å²) in [6.07, 6.45) is 4.17. The molecular weight excluding hydrogens is 210 g/mol. The molecule has 0 aromatic carbocycles. The molecule has 3 nitrogen and oxygen atoms in total. The predicted octanol–water partition coefficient (Wildman–Crippen LogP) is 1.40. The first-order valence-electron chi connectivity index (χ1n) is 7.20. The summed E-state index contributed by atoms with van der Waals surface area (Å²) in [6, 6.07) is 0.827. The molecule has 1 aliphatic carbocycles. The fraction of sp³-hybridized carbons (Fsp3) is 1.00. The Balaban J connectivity index is 1.68. The molecule has 1 unspecified atom stereocenters. The van der Waals surface area contributed by atoms with Crippen molar-refractivity contribution in [2.75, 3.05) is 46.3 Å².